The number of rotatable bonds is 5. The number of nitrogens with one attached hydrogen (secondary N) is 1. The SMILES string of the molecule is CCc1ccnc2[nH]cc(N3CC=C(CCC4CCCO4)CC3)c12. The van der Waals surface area contributed by atoms with Crippen LogP contribution < -0.4 is 4.90 Å². The molecule has 2 aliphatic rings. The second kappa shape index (κ2) is 6.98. The van der Waals surface area contributed by atoms with Crippen LogP contribution in [0.4, 0.5) is 5.69 Å². The van der Waals surface area contributed by atoms with Crippen LogP contribution in [0.25, 0.3) is 11.0 Å². The Morgan fingerprint density at radius 1 is 1.42 bits per heavy atom. The van der Waals surface area contributed by atoms with Gasteiger partial charge in [-0.1, -0.05) is 18.6 Å². The molecule has 0 amide bonds. The van der Waals surface area contributed by atoms with Crippen molar-refractivity contribution in [2.75, 3.05) is 24.6 Å². The van der Waals surface area contributed by atoms with Gasteiger partial charge >= 0.3 is 0 Å². The lowest BCUT2D eigenvalue weighted by molar-refractivity contribution is 0.104. The Hall–Kier alpha value is -1.81. The largest absolute Gasteiger partial charge is 0.378 e. The molecular formula is C20H27N3O. The van der Waals surface area contributed by atoms with Crippen molar-refractivity contribution in [3.05, 3.63) is 35.7 Å². The average Bonchev–Trinajstić information content (AvgIpc) is 3.30. The second-order valence-electron chi connectivity index (χ2n) is 6.95. The minimum atomic E-state index is 0.510. The number of aromatic amines is 1. The fraction of sp³-hybridized carbons (Fsp3) is 0.550. The second-order valence-corrected chi connectivity index (χ2v) is 6.95. The highest BCUT2D eigenvalue weighted by Gasteiger charge is 2.19. The minimum absolute atomic E-state index is 0.510. The number of anilines is 1. The van der Waals surface area contributed by atoms with Crippen molar-refractivity contribution in [3.8, 4) is 0 Å². The molecular weight excluding hydrogens is 298 g/mol. The smallest absolute Gasteiger partial charge is 0.139 e. The van der Waals surface area contributed by atoms with E-state index in [2.05, 4.69) is 40.1 Å². The standard InChI is InChI=1S/C20H27N3O/c1-2-16-7-10-21-20-19(16)18(14-22-20)23-11-8-15(9-12-23)5-6-17-4-3-13-24-17/h7-8,10,14,17H,2-6,9,11-13H2,1H3,(H,21,22). The number of nitrogens with zero attached hydrogens (tertiary/aromatic N) is 2. The molecule has 0 aliphatic carbocycles. The van der Waals surface area contributed by atoms with Gasteiger partial charge in [0.05, 0.1) is 11.8 Å². The van der Waals surface area contributed by atoms with Gasteiger partial charge in [-0.2, -0.15) is 0 Å². The van der Waals surface area contributed by atoms with Gasteiger partial charge < -0.3 is 14.6 Å². The van der Waals surface area contributed by atoms with Crippen LogP contribution >= 0.6 is 0 Å². The molecule has 1 saturated heterocycles. The highest BCUT2D eigenvalue weighted by Crippen LogP contribution is 2.31. The molecule has 0 aromatic carbocycles. The maximum Gasteiger partial charge on any atom is 0.139 e. The number of fused-ring (bicyclic) bond motifs is 1. The Labute approximate surface area is 143 Å². The van der Waals surface area contributed by atoms with Gasteiger partial charge in [0.2, 0.25) is 0 Å². The molecule has 4 rings (SSSR count). The third-order valence-corrected chi connectivity index (χ3v) is 5.48. The van der Waals surface area contributed by atoms with Crippen LogP contribution in [0.2, 0.25) is 0 Å². The number of aryl methyl sites for hydroxylation is 1. The van der Waals surface area contributed by atoms with Crippen LogP contribution in [0.5, 0.6) is 0 Å². The fourth-order valence-corrected chi connectivity index (χ4v) is 4.03. The van der Waals surface area contributed by atoms with Crippen molar-refractivity contribution in [1.82, 2.24) is 9.97 Å². The zero-order chi connectivity index (χ0) is 16.4. The van der Waals surface area contributed by atoms with Crippen molar-refractivity contribution in [2.24, 2.45) is 0 Å². The number of H-pyrrole nitrogens is 1. The zero-order valence-corrected chi connectivity index (χ0v) is 14.6. The summed E-state index contributed by atoms with van der Waals surface area (Å²) in [5.74, 6) is 0. The summed E-state index contributed by atoms with van der Waals surface area (Å²) in [5.41, 5.74) is 5.31. The maximum absolute atomic E-state index is 5.75. The summed E-state index contributed by atoms with van der Waals surface area (Å²) in [6.45, 7) is 5.28. The van der Waals surface area contributed by atoms with Gasteiger partial charge in [0, 0.05) is 37.5 Å². The molecule has 0 saturated carbocycles. The molecule has 1 N–H and O–H groups in total. The predicted molar refractivity (Wildman–Crippen MR) is 98.6 cm³/mol. The van der Waals surface area contributed by atoms with E-state index in [-0.39, 0.29) is 0 Å². The number of pyridine rings is 1. The summed E-state index contributed by atoms with van der Waals surface area (Å²) in [6.07, 6.45) is 14.1. The van der Waals surface area contributed by atoms with Crippen LogP contribution in [0.3, 0.4) is 0 Å². The highest BCUT2D eigenvalue weighted by atomic mass is 16.5. The van der Waals surface area contributed by atoms with Gasteiger partial charge in [0.1, 0.15) is 5.65 Å². The first kappa shape index (κ1) is 15.7. The lowest BCUT2D eigenvalue weighted by Crippen LogP contribution is -2.28. The van der Waals surface area contributed by atoms with Crippen molar-refractivity contribution in [3.63, 3.8) is 0 Å². The summed E-state index contributed by atoms with van der Waals surface area (Å²) in [5, 5.41) is 1.30. The summed E-state index contributed by atoms with van der Waals surface area (Å²) in [4.78, 5) is 10.3. The molecule has 2 aromatic rings. The van der Waals surface area contributed by atoms with E-state index in [1.54, 1.807) is 5.57 Å². The van der Waals surface area contributed by atoms with Gasteiger partial charge in [0.15, 0.2) is 0 Å². The predicted octanol–water partition coefficient (Wildman–Crippen LogP) is 4.22. The number of aromatic nitrogens is 2. The van der Waals surface area contributed by atoms with Crippen molar-refractivity contribution >= 4 is 16.7 Å². The first-order valence-corrected chi connectivity index (χ1v) is 9.34. The monoisotopic (exact) mass is 325 g/mol. The average molecular weight is 325 g/mol. The van der Waals surface area contributed by atoms with Crippen molar-refractivity contribution in [2.45, 2.75) is 51.6 Å². The Morgan fingerprint density at radius 3 is 3.12 bits per heavy atom. The molecule has 1 atom stereocenters. The molecule has 0 bridgehead atoms. The highest BCUT2D eigenvalue weighted by molar-refractivity contribution is 5.93. The Kier molecular flexibility index (Phi) is 4.56. The molecule has 2 aromatic heterocycles. The maximum atomic E-state index is 5.75. The molecule has 0 spiro atoms. The van der Waals surface area contributed by atoms with Crippen LogP contribution in [0, 0.1) is 0 Å². The molecule has 4 nitrogen and oxygen atoms in total. The normalized spacial score (nSPS) is 21.5. The lowest BCUT2D eigenvalue weighted by Gasteiger charge is -2.28. The number of hydrogen-bond acceptors (Lipinski definition) is 3. The van der Waals surface area contributed by atoms with E-state index in [1.807, 2.05) is 6.20 Å². The van der Waals surface area contributed by atoms with Gasteiger partial charge in [-0.15, -0.1) is 0 Å². The third kappa shape index (κ3) is 3.07. The minimum Gasteiger partial charge on any atom is -0.378 e. The molecule has 4 heteroatoms. The van der Waals surface area contributed by atoms with Crippen LogP contribution in [-0.4, -0.2) is 35.8 Å². The van der Waals surface area contributed by atoms with Gasteiger partial charge in [-0.3, -0.25) is 0 Å². The van der Waals surface area contributed by atoms with E-state index in [4.69, 9.17) is 4.74 Å². The lowest BCUT2D eigenvalue weighted by atomic mass is 9.99. The van der Waals surface area contributed by atoms with E-state index in [0.717, 1.165) is 31.8 Å². The topological polar surface area (TPSA) is 41.2 Å². The molecule has 1 fully saturated rings. The molecule has 0 radical (unpaired) electrons. The first-order valence-electron chi connectivity index (χ1n) is 9.34. The van der Waals surface area contributed by atoms with Crippen LogP contribution in [-0.2, 0) is 11.2 Å². The van der Waals surface area contributed by atoms with E-state index in [9.17, 15) is 0 Å². The first-order chi connectivity index (χ1) is 11.8. The third-order valence-electron chi connectivity index (χ3n) is 5.48. The molecule has 24 heavy (non-hydrogen) atoms. The van der Waals surface area contributed by atoms with Crippen molar-refractivity contribution in [1.29, 1.82) is 0 Å². The molecule has 128 valence electrons. The molecule has 4 heterocycles. The van der Waals surface area contributed by atoms with E-state index in [1.165, 1.54) is 48.7 Å². The van der Waals surface area contributed by atoms with E-state index in [0.29, 0.717) is 6.10 Å². The Balaban J connectivity index is 1.45. The quantitative estimate of drug-likeness (QED) is 0.837. The number of hydrogen-bond donors (Lipinski definition) is 1. The zero-order valence-electron chi connectivity index (χ0n) is 14.6. The van der Waals surface area contributed by atoms with Gasteiger partial charge in [0.25, 0.3) is 0 Å². The Bertz CT molecular complexity index is 728. The summed E-state index contributed by atoms with van der Waals surface area (Å²) in [7, 11) is 0. The van der Waals surface area contributed by atoms with E-state index < -0.39 is 0 Å². The van der Waals surface area contributed by atoms with Gasteiger partial charge in [-0.05, 0) is 50.2 Å². The van der Waals surface area contributed by atoms with Crippen LogP contribution in [0.15, 0.2) is 30.1 Å². The summed E-state index contributed by atoms with van der Waals surface area (Å²) < 4.78 is 5.75. The molecule has 1 unspecified atom stereocenters. The van der Waals surface area contributed by atoms with Gasteiger partial charge in [-0.25, -0.2) is 4.98 Å². The summed E-state index contributed by atoms with van der Waals surface area (Å²) in [6, 6.07) is 2.15. The molecule has 2 aliphatic heterocycles. The van der Waals surface area contributed by atoms with E-state index >= 15 is 0 Å². The van der Waals surface area contributed by atoms with Crippen molar-refractivity contribution < 1.29 is 4.74 Å². The Morgan fingerprint density at radius 2 is 2.38 bits per heavy atom. The fourth-order valence-electron chi connectivity index (χ4n) is 4.03. The summed E-state index contributed by atoms with van der Waals surface area (Å²) >= 11 is 0. The number of ether oxygens (including phenoxy) is 1. The van der Waals surface area contributed by atoms with Crippen LogP contribution in [0.1, 0.15) is 44.6 Å².